The van der Waals surface area contributed by atoms with E-state index in [0.29, 0.717) is 19.4 Å². The Balaban J connectivity index is 2.56. The van der Waals surface area contributed by atoms with Gasteiger partial charge in [-0.05, 0) is 25.7 Å². The lowest BCUT2D eigenvalue weighted by molar-refractivity contribution is -0.132. The van der Waals surface area contributed by atoms with E-state index in [4.69, 9.17) is 10.5 Å². The molecule has 0 radical (unpaired) electrons. The van der Waals surface area contributed by atoms with Gasteiger partial charge in [-0.1, -0.05) is 0 Å². The van der Waals surface area contributed by atoms with Gasteiger partial charge in [0.1, 0.15) is 18.4 Å². The fourth-order valence-electron chi connectivity index (χ4n) is 2.17. The molecule has 1 aliphatic carbocycles. The van der Waals surface area contributed by atoms with Crippen LogP contribution >= 0.6 is 0 Å². The molecule has 2 atom stereocenters. The van der Waals surface area contributed by atoms with E-state index < -0.39 is 11.9 Å². The molecule has 0 heterocycles. The van der Waals surface area contributed by atoms with Crippen molar-refractivity contribution in [3.63, 3.8) is 0 Å². The van der Waals surface area contributed by atoms with Crippen molar-refractivity contribution in [3.8, 4) is 0 Å². The summed E-state index contributed by atoms with van der Waals surface area (Å²) in [5, 5.41) is 2.55. The minimum atomic E-state index is -0.776. The minimum Gasteiger partial charge on any atom is -0.372 e. The maximum Gasteiger partial charge on any atom is 0.246 e. The summed E-state index contributed by atoms with van der Waals surface area (Å²) >= 11 is 0. The van der Waals surface area contributed by atoms with Crippen LogP contribution in [0.25, 0.3) is 0 Å². The summed E-state index contributed by atoms with van der Waals surface area (Å²) in [4.78, 5) is 34.3. The Morgan fingerprint density at radius 3 is 2.83 bits per heavy atom. The van der Waals surface area contributed by atoms with Crippen LogP contribution in [0.5, 0.6) is 0 Å². The third-order valence-electron chi connectivity index (χ3n) is 3.05. The first-order chi connectivity index (χ1) is 8.54. The summed E-state index contributed by atoms with van der Waals surface area (Å²) in [6.45, 7) is 2.11. The number of ether oxygens (including phenoxy) is 1. The van der Waals surface area contributed by atoms with Crippen LogP contribution in [0.15, 0.2) is 0 Å². The van der Waals surface area contributed by atoms with Crippen LogP contribution in [0.2, 0.25) is 0 Å². The summed E-state index contributed by atoms with van der Waals surface area (Å²) in [5.74, 6) is -1.04. The standard InChI is InChI=1S/C12H20N2O4/c1-2-18-7-10(16)14-11(12(13)17)8-4-3-5-9(15)6-8/h8,11H,2-7H2,1H3,(H2,13,17)(H,14,16)/t8-,11-/m0/s1. The van der Waals surface area contributed by atoms with Gasteiger partial charge in [0.2, 0.25) is 11.8 Å². The average molecular weight is 256 g/mol. The molecule has 0 bridgehead atoms. The highest BCUT2D eigenvalue weighted by molar-refractivity contribution is 5.88. The smallest absolute Gasteiger partial charge is 0.246 e. The zero-order valence-electron chi connectivity index (χ0n) is 10.6. The molecule has 0 aliphatic heterocycles. The summed E-state index contributed by atoms with van der Waals surface area (Å²) < 4.78 is 4.95. The Morgan fingerprint density at radius 2 is 2.28 bits per heavy atom. The molecule has 18 heavy (non-hydrogen) atoms. The first-order valence-corrected chi connectivity index (χ1v) is 6.22. The second-order valence-corrected chi connectivity index (χ2v) is 4.48. The van der Waals surface area contributed by atoms with Gasteiger partial charge in [-0.25, -0.2) is 0 Å². The molecule has 6 heteroatoms. The lowest BCUT2D eigenvalue weighted by Gasteiger charge is -2.28. The van der Waals surface area contributed by atoms with E-state index >= 15 is 0 Å². The fraction of sp³-hybridized carbons (Fsp3) is 0.750. The second kappa shape index (κ2) is 7.10. The van der Waals surface area contributed by atoms with Gasteiger partial charge < -0.3 is 15.8 Å². The molecule has 102 valence electrons. The zero-order chi connectivity index (χ0) is 13.5. The molecule has 0 aromatic heterocycles. The number of ketones is 1. The lowest BCUT2D eigenvalue weighted by atomic mass is 9.83. The van der Waals surface area contributed by atoms with E-state index in [0.717, 1.165) is 12.8 Å². The van der Waals surface area contributed by atoms with Crippen molar-refractivity contribution >= 4 is 17.6 Å². The Morgan fingerprint density at radius 1 is 1.56 bits per heavy atom. The van der Waals surface area contributed by atoms with Crippen LogP contribution in [-0.4, -0.2) is 36.9 Å². The highest BCUT2D eigenvalue weighted by Crippen LogP contribution is 2.24. The SMILES string of the molecule is CCOCC(=O)N[C@H](C(N)=O)[C@H]1CCCC(=O)C1. The van der Waals surface area contributed by atoms with Crippen LogP contribution in [0, 0.1) is 5.92 Å². The first kappa shape index (κ1) is 14.6. The number of nitrogens with two attached hydrogens (primary N) is 1. The van der Waals surface area contributed by atoms with Gasteiger partial charge in [-0.15, -0.1) is 0 Å². The maximum absolute atomic E-state index is 11.5. The van der Waals surface area contributed by atoms with Crippen molar-refractivity contribution in [2.24, 2.45) is 11.7 Å². The number of nitrogens with one attached hydrogen (secondary N) is 1. The minimum absolute atomic E-state index is 0.0963. The van der Waals surface area contributed by atoms with Gasteiger partial charge in [0.05, 0.1) is 0 Å². The summed E-state index contributed by atoms with van der Waals surface area (Å²) in [5.41, 5.74) is 5.28. The van der Waals surface area contributed by atoms with Crippen LogP contribution in [0.3, 0.4) is 0 Å². The van der Waals surface area contributed by atoms with Crippen LogP contribution in [-0.2, 0) is 19.1 Å². The van der Waals surface area contributed by atoms with E-state index in [9.17, 15) is 14.4 Å². The van der Waals surface area contributed by atoms with Gasteiger partial charge in [0, 0.05) is 19.4 Å². The Labute approximate surface area is 106 Å². The average Bonchev–Trinajstić information content (AvgIpc) is 2.33. The van der Waals surface area contributed by atoms with E-state index in [2.05, 4.69) is 5.32 Å². The van der Waals surface area contributed by atoms with Crippen molar-refractivity contribution in [3.05, 3.63) is 0 Å². The number of hydrogen-bond acceptors (Lipinski definition) is 4. The number of carbonyl (C=O) groups is 3. The Bertz CT molecular complexity index is 330. The molecule has 1 fully saturated rings. The normalized spacial score (nSPS) is 21.4. The van der Waals surface area contributed by atoms with Crippen LogP contribution in [0.1, 0.15) is 32.6 Å². The molecule has 0 aromatic carbocycles. The monoisotopic (exact) mass is 256 g/mol. The van der Waals surface area contributed by atoms with Crippen molar-refractivity contribution in [1.82, 2.24) is 5.32 Å². The Kier molecular flexibility index (Phi) is 5.77. The van der Waals surface area contributed by atoms with E-state index in [1.807, 2.05) is 0 Å². The Hall–Kier alpha value is -1.43. The number of hydrogen-bond donors (Lipinski definition) is 2. The predicted octanol–water partition coefficient (Wildman–Crippen LogP) is -0.248. The number of Topliss-reactive ketones (excluding diaryl/α,β-unsaturated/α-hetero) is 1. The number of primary amides is 1. The fourth-order valence-corrected chi connectivity index (χ4v) is 2.17. The van der Waals surface area contributed by atoms with Gasteiger partial charge in [0.15, 0.2) is 0 Å². The van der Waals surface area contributed by atoms with Gasteiger partial charge in [-0.2, -0.15) is 0 Å². The van der Waals surface area contributed by atoms with Crippen LogP contribution < -0.4 is 11.1 Å². The molecule has 1 rings (SSSR count). The molecule has 0 spiro atoms. The van der Waals surface area contributed by atoms with Crippen molar-refractivity contribution in [2.45, 2.75) is 38.6 Å². The molecular weight excluding hydrogens is 236 g/mol. The van der Waals surface area contributed by atoms with Crippen molar-refractivity contribution in [2.75, 3.05) is 13.2 Å². The second-order valence-electron chi connectivity index (χ2n) is 4.48. The molecule has 6 nitrogen and oxygen atoms in total. The van der Waals surface area contributed by atoms with E-state index in [-0.39, 0.29) is 24.2 Å². The van der Waals surface area contributed by atoms with E-state index in [1.165, 1.54) is 0 Å². The lowest BCUT2D eigenvalue weighted by Crippen LogP contribution is -2.51. The predicted molar refractivity (Wildman–Crippen MR) is 64.6 cm³/mol. The number of rotatable bonds is 6. The van der Waals surface area contributed by atoms with Gasteiger partial charge in [-0.3, -0.25) is 14.4 Å². The first-order valence-electron chi connectivity index (χ1n) is 6.22. The molecular formula is C12H20N2O4. The highest BCUT2D eigenvalue weighted by Gasteiger charge is 2.31. The van der Waals surface area contributed by atoms with Crippen molar-refractivity contribution < 1.29 is 19.1 Å². The number of amides is 2. The van der Waals surface area contributed by atoms with E-state index in [1.54, 1.807) is 6.92 Å². The van der Waals surface area contributed by atoms with Gasteiger partial charge in [0.25, 0.3) is 0 Å². The summed E-state index contributed by atoms with van der Waals surface area (Å²) in [6.07, 6.45) is 2.33. The molecule has 1 aliphatic rings. The molecule has 0 unspecified atom stereocenters. The maximum atomic E-state index is 11.5. The third kappa shape index (κ3) is 4.44. The van der Waals surface area contributed by atoms with Gasteiger partial charge >= 0.3 is 0 Å². The molecule has 2 amide bonds. The molecule has 0 saturated heterocycles. The zero-order valence-corrected chi connectivity index (χ0v) is 10.6. The largest absolute Gasteiger partial charge is 0.372 e. The highest BCUT2D eigenvalue weighted by atomic mass is 16.5. The summed E-state index contributed by atoms with van der Waals surface area (Å²) in [7, 11) is 0. The third-order valence-corrected chi connectivity index (χ3v) is 3.05. The molecule has 1 saturated carbocycles. The quantitative estimate of drug-likeness (QED) is 0.684. The molecule has 0 aromatic rings. The van der Waals surface area contributed by atoms with Crippen LogP contribution in [0.4, 0.5) is 0 Å². The molecule has 3 N–H and O–H groups in total. The number of carbonyl (C=O) groups excluding carboxylic acids is 3. The van der Waals surface area contributed by atoms with Crippen molar-refractivity contribution in [1.29, 1.82) is 0 Å². The summed E-state index contributed by atoms with van der Waals surface area (Å²) in [6, 6.07) is -0.776. The topological polar surface area (TPSA) is 98.5 Å².